The smallest absolute Gasteiger partial charge is 0.309 e. The van der Waals surface area contributed by atoms with Crippen LogP contribution in [0.1, 0.15) is 59.3 Å². The van der Waals surface area contributed by atoms with Gasteiger partial charge in [-0.2, -0.15) is 0 Å². The summed E-state index contributed by atoms with van der Waals surface area (Å²) in [5.74, 6) is -0.392. The number of ether oxygens (including phenoxy) is 3. The minimum absolute atomic E-state index is 0.000926. The van der Waals surface area contributed by atoms with Gasteiger partial charge in [-0.05, 0) is 52.4 Å². The van der Waals surface area contributed by atoms with Crippen LogP contribution in [0.2, 0.25) is 0 Å². The van der Waals surface area contributed by atoms with Crippen LogP contribution in [0, 0.1) is 17.3 Å². The van der Waals surface area contributed by atoms with Crippen molar-refractivity contribution in [3.8, 4) is 0 Å². The molecule has 0 aromatic carbocycles. The summed E-state index contributed by atoms with van der Waals surface area (Å²) < 4.78 is 16.8. The second-order valence-electron chi connectivity index (χ2n) is 10.1. The van der Waals surface area contributed by atoms with E-state index >= 15 is 0 Å². The number of nitrogens with one attached hydrogen (secondary N) is 1. The molecule has 0 aromatic heterocycles. The molecule has 0 aromatic rings. The molecule has 4 aliphatic rings. The third-order valence-electron chi connectivity index (χ3n) is 7.38. The maximum atomic E-state index is 12.5. The SMILES string of the molecule is CC(CO)(CNC(=O)C1CCC2(C)OC2C1)COC(=O)C1CCC2(C)OC2C1. The highest BCUT2D eigenvalue weighted by atomic mass is 16.6. The van der Waals surface area contributed by atoms with Crippen LogP contribution in [0.4, 0.5) is 0 Å². The number of fused-ring (bicyclic) bond motifs is 2. The maximum Gasteiger partial charge on any atom is 0.309 e. The van der Waals surface area contributed by atoms with Crippen LogP contribution < -0.4 is 5.32 Å². The lowest BCUT2D eigenvalue weighted by molar-refractivity contribution is -0.153. The van der Waals surface area contributed by atoms with Crippen molar-refractivity contribution >= 4 is 11.9 Å². The fourth-order valence-electron chi connectivity index (χ4n) is 4.70. The fourth-order valence-corrected chi connectivity index (χ4v) is 4.70. The monoisotopic (exact) mass is 395 g/mol. The van der Waals surface area contributed by atoms with Crippen molar-refractivity contribution in [2.24, 2.45) is 17.3 Å². The summed E-state index contributed by atoms with van der Waals surface area (Å²) in [5, 5.41) is 12.8. The van der Waals surface area contributed by atoms with Crippen molar-refractivity contribution in [1.29, 1.82) is 0 Å². The Hall–Kier alpha value is -1.18. The number of hydrogen-bond donors (Lipinski definition) is 2. The lowest BCUT2D eigenvalue weighted by Gasteiger charge is -2.30. The van der Waals surface area contributed by atoms with Gasteiger partial charge >= 0.3 is 5.97 Å². The predicted octanol–water partition coefficient (Wildman–Crippen LogP) is 1.56. The number of rotatable bonds is 7. The Morgan fingerprint density at radius 1 is 1.11 bits per heavy atom. The number of amides is 1. The number of hydrogen-bond acceptors (Lipinski definition) is 6. The van der Waals surface area contributed by atoms with E-state index in [-0.39, 0.29) is 66.9 Å². The summed E-state index contributed by atoms with van der Waals surface area (Å²) in [5.41, 5.74) is -0.723. The molecule has 0 spiro atoms. The number of carbonyl (C=O) groups is 2. The first-order valence-corrected chi connectivity index (χ1v) is 10.6. The Bertz CT molecular complexity index is 603. The van der Waals surface area contributed by atoms with Crippen molar-refractivity contribution < 1.29 is 28.9 Å². The molecule has 28 heavy (non-hydrogen) atoms. The van der Waals surface area contributed by atoms with Gasteiger partial charge < -0.3 is 24.6 Å². The predicted molar refractivity (Wildman–Crippen MR) is 100 cm³/mol. The van der Waals surface area contributed by atoms with Gasteiger partial charge in [0.1, 0.15) is 6.61 Å². The van der Waals surface area contributed by atoms with E-state index in [1.54, 1.807) is 0 Å². The molecule has 4 fully saturated rings. The van der Waals surface area contributed by atoms with Crippen LogP contribution >= 0.6 is 0 Å². The highest BCUT2D eigenvalue weighted by Crippen LogP contribution is 2.50. The Morgan fingerprint density at radius 3 is 2.25 bits per heavy atom. The highest BCUT2D eigenvalue weighted by Gasteiger charge is 2.57. The van der Waals surface area contributed by atoms with Crippen molar-refractivity contribution in [3.63, 3.8) is 0 Å². The maximum absolute atomic E-state index is 12.5. The summed E-state index contributed by atoms with van der Waals surface area (Å²) in [4.78, 5) is 24.9. The van der Waals surface area contributed by atoms with Gasteiger partial charge in [-0.15, -0.1) is 0 Å². The van der Waals surface area contributed by atoms with E-state index in [9.17, 15) is 14.7 Å². The zero-order chi connectivity index (χ0) is 20.2. The minimum atomic E-state index is -0.691. The Balaban J connectivity index is 1.21. The number of carbonyl (C=O) groups excluding carboxylic acids is 2. The fraction of sp³-hybridized carbons (Fsp3) is 0.905. The van der Waals surface area contributed by atoms with Crippen LogP contribution in [0.25, 0.3) is 0 Å². The average Bonchev–Trinajstić information content (AvgIpc) is 3.55. The topological polar surface area (TPSA) is 101 Å². The second-order valence-corrected chi connectivity index (χ2v) is 10.1. The van der Waals surface area contributed by atoms with Gasteiger partial charge in [-0.1, -0.05) is 6.92 Å². The largest absolute Gasteiger partial charge is 0.465 e. The third-order valence-corrected chi connectivity index (χ3v) is 7.38. The lowest BCUT2D eigenvalue weighted by Crippen LogP contribution is -2.44. The van der Waals surface area contributed by atoms with E-state index < -0.39 is 5.41 Å². The van der Waals surface area contributed by atoms with Crippen molar-refractivity contribution in [3.05, 3.63) is 0 Å². The van der Waals surface area contributed by atoms with E-state index in [4.69, 9.17) is 14.2 Å². The van der Waals surface area contributed by atoms with E-state index in [2.05, 4.69) is 19.2 Å². The zero-order valence-electron chi connectivity index (χ0n) is 17.2. The van der Waals surface area contributed by atoms with Gasteiger partial charge in [0.05, 0.1) is 35.9 Å². The van der Waals surface area contributed by atoms with E-state index in [1.165, 1.54) is 0 Å². The highest BCUT2D eigenvalue weighted by molar-refractivity contribution is 5.79. The average molecular weight is 395 g/mol. The second kappa shape index (κ2) is 6.96. The lowest BCUT2D eigenvalue weighted by atomic mass is 9.82. The molecule has 2 aliphatic carbocycles. The number of aliphatic hydroxyl groups excluding tert-OH is 1. The first-order chi connectivity index (χ1) is 13.2. The Kier molecular flexibility index (Phi) is 5.00. The Morgan fingerprint density at radius 2 is 1.68 bits per heavy atom. The van der Waals surface area contributed by atoms with Gasteiger partial charge in [0.15, 0.2) is 0 Å². The van der Waals surface area contributed by atoms with Crippen LogP contribution in [0.15, 0.2) is 0 Å². The summed E-state index contributed by atoms with van der Waals surface area (Å²) in [6.45, 7) is 6.23. The molecule has 4 rings (SSSR count). The first kappa shape index (κ1) is 20.1. The first-order valence-electron chi connectivity index (χ1n) is 10.6. The molecule has 2 saturated heterocycles. The summed E-state index contributed by atoms with van der Waals surface area (Å²) in [6.07, 6.45) is 5.26. The van der Waals surface area contributed by atoms with Gasteiger partial charge in [0.25, 0.3) is 0 Å². The van der Waals surface area contributed by atoms with Gasteiger partial charge in [0.2, 0.25) is 5.91 Å². The van der Waals surface area contributed by atoms with Crippen LogP contribution in [0.5, 0.6) is 0 Å². The minimum Gasteiger partial charge on any atom is -0.465 e. The standard InChI is InChI=1S/C21H33NO6/c1-19(11-23,10-22-17(24)13-4-6-20(2)15(8-13)27-20)12-26-18(25)14-5-7-21(3)16(9-14)28-21/h13-16,23H,4-12H2,1-3H3,(H,22,24). The van der Waals surface area contributed by atoms with E-state index in [0.717, 1.165) is 32.1 Å². The van der Waals surface area contributed by atoms with Crippen molar-refractivity contribution in [2.45, 2.75) is 82.7 Å². The molecule has 0 radical (unpaired) electrons. The third kappa shape index (κ3) is 3.94. The van der Waals surface area contributed by atoms with Gasteiger partial charge in [-0.25, -0.2) is 0 Å². The molecule has 2 saturated carbocycles. The molecule has 7 atom stereocenters. The molecule has 7 nitrogen and oxygen atoms in total. The normalized spacial score (nSPS) is 43.1. The molecule has 2 N–H and O–H groups in total. The van der Waals surface area contributed by atoms with Gasteiger partial charge in [0, 0.05) is 17.9 Å². The summed E-state index contributed by atoms with van der Waals surface area (Å²) in [7, 11) is 0. The van der Waals surface area contributed by atoms with Crippen LogP contribution in [-0.4, -0.2) is 60.2 Å². The molecule has 0 bridgehead atoms. The number of epoxide rings is 2. The quantitative estimate of drug-likeness (QED) is 0.501. The molecule has 2 aliphatic heterocycles. The molecule has 1 amide bonds. The van der Waals surface area contributed by atoms with Gasteiger partial charge in [-0.3, -0.25) is 9.59 Å². The number of esters is 1. The molecular weight excluding hydrogens is 362 g/mol. The Labute approximate surface area is 166 Å². The summed E-state index contributed by atoms with van der Waals surface area (Å²) >= 11 is 0. The van der Waals surface area contributed by atoms with E-state index in [0.29, 0.717) is 6.42 Å². The van der Waals surface area contributed by atoms with Crippen molar-refractivity contribution in [1.82, 2.24) is 5.32 Å². The molecular formula is C21H33NO6. The zero-order valence-corrected chi connectivity index (χ0v) is 17.2. The van der Waals surface area contributed by atoms with E-state index in [1.807, 2.05) is 6.92 Å². The van der Waals surface area contributed by atoms with Crippen LogP contribution in [0.3, 0.4) is 0 Å². The van der Waals surface area contributed by atoms with Crippen molar-refractivity contribution in [2.75, 3.05) is 19.8 Å². The molecule has 7 unspecified atom stereocenters. The molecule has 158 valence electrons. The number of aliphatic hydroxyl groups is 1. The molecule has 7 heteroatoms. The summed E-state index contributed by atoms with van der Waals surface area (Å²) in [6, 6.07) is 0. The molecule has 2 heterocycles. The van der Waals surface area contributed by atoms with Crippen LogP contribution in [-0.2, 0) is 23.8 Å².